The van der Waals surface area contributed by atoms with E-state index in [0.717, 1.165) is 8.27 Å². The number of nitrogens with zero attached hydrogens (tertiary/aromatic N) is 1. The van der Waals surface area contributed by atoms with E-state index < -0.39 is 0 Å². The zero-order valence-electron chi connectivity index (χ0n) is 13.8. The maximum Gasteiger partial charge on any atom is 0.257 e. The lowest BCUT2D eigenvalue weighted by Gasteiger charge is -2.07. The second-order valence-corrected chi connectivity index (χ2v) is 7.80. The summed E-state index contributed by atoms with van der Waals surface area (Å²) in [7, 11) is 3.17. The van der Waals surface area contributed by atoms with Gasteiger partial charge in [0.1, 0.15) is 17.0 Å². The number of carbonyl (C=O) groups is 1. The minimum absolute atomic E-state index is 0.179. The predicted octanol–water partition coefficient (Wildman–Crippen LogP) is 4.04. The van der Waals surface area contributed by atoms with Crippen LogP contribution >= 0.6 is 46.1 Å². The highest BCUT2D eigenvalue weighted by atomic mass is 127. The molecule has 6 nitrogen and oxygen atoms in total. The zero-order valence-corrected chi connectivity index (χ0v) is 17.6. The molecule has 0 fully saturated rings. The molecule has 0 radical (unpaired) electrons. The molecule has 0 saturated carbocycles. The van der Waals surface area contributed by atoms with Gasteiger partial charge in [-0.05, 0) is 65.1 Å². The van der Waals surface area contributed by atoms with Crippen LogP contribution in [0.3, 0.4) is 0 Å². The predicted molar refractivity (Wildman–Crippen MR) is 116 cm³/mol. The van der Waals surface area contributed by atoms with E-state index in [1.54, 1.807) is 32.4 Å². The molecule has 1 amide bonds. The molecule has 0 aliphatic carbocycles. The van der Waals surface area contributed by atoms with Gasteiger partial charge in [-0.25, -0.2) is 4.98 Å². The molecule has 0 bridgehead atoms. The molecule has 134 valence electrons. The Balaban J connectivity index is 1.74. The van der Waals surface area contributed by atoms with Crippen molar-refractivity contribution in [3.05, 3.63) is 45.5 Å². The number of hydrogen-bond acceptors (Lipinski definition) is 6. The summed E-state index contributed by atoms with van der Waals surface area (Å²) in [6, 6.07) is 10.8. The Morgan fingerprint density at radius 1 is 1.19 bits per heavy atom. The lowest BCUT2D eigenvalue weighted by Crippen LogP contribution is -2.34. The second kappa shape index (κ2) is 8.14. The molecule has 9 heteroatoms. The van der Waals surface area contributed by atoms with Gasteiger partial charge in [0.15, 0.2) is 10.2 Å². The number of carbonyl (C=O) groups excluding carboxylic acids is 1. The first-order chi connectivity index (χ1) is 12.5. The Hall–Kier alpha value is -1.98. The molecule has 3 rings (SSSR count). The average molecular weight is 499 g/mol. The van der Waals surface area contributed by atoms with Crippen LogP contribution in [0, 0.1) is 3.57 Å². The van der Waals surface area contributed by atoms with Gasteiger partial charge in [0.25, 0.3) is 5.91 Å². The molecule has 2 aromatic carbocycles. The molecule has 1 aromatic heterocycles. The van der Waals surface area contributed by atoms with Crippen LogP contribution < -0.4 is 20.1 Å². The van der Waals surface area contributed by atoms with Crippen LogP contribution in [-0.2, 0) is 0 Å². The summed E-state index contributed by atoms with van der Waals surface area (Å²) in [6.07, 6.45) is 0. The van der Waals surface area contributed by atoms with E-state index in [1.807, 2.05) is 18.2 Å². The molecule has 1 heterocycles. The zero-order chi connectivity index (χ0) is 18.7. The molecule has 0 spiro atoms. The Labute approximate surface area is 173 Å². The Kier molecular flexibility index (Phi) is 5.89. The van der Waals surface area contributed by atoms with Crippen molar-refractivity contribution in [2.24, 2.45) is 0 Å². The highest BCUT2D eigenvalue weighted by Gasteiger charge is 2.13. The monoisotopic (exact) mass is 499 g/mol. The van der Waals surface area contributed by atoms with Gasteiger partial charge < -0.3 is 14.8 Å². The van der Waals surface area contributed by atoms with Crippen molar-refractivity contribution in [3.63, 3.8) is 0 Å². The number of halogens is 1. The lowest BCUT2D eigenvalue weighted by atomic mass is 10.2. The van der Waals surface area contributed by atoms with Crippen LogP contribution in [-0.4, -0.2) is 30.2 Å². The first-order valence-electron chi connectivity index (χ1n) is 7.40. The fourth-order valence-electron chi connectivity index (χ4n) is 2.21. The summed E-state index contributed by atoms with van der Waals surface area (Å²) in [5, 5.41) is 6.32. The van der Waals surface area contributed by atoms with Gasteiger partial charge in [-0.2, -0.15) is 0 Å². The number of thiazole rings is 1. The third kappa shape index (κ3) is 4.22. The summed E-state index contributed by atoms with van der Waals surface area (Å²) < 4.78 is 12.6. The second-order valence-electron chi connectivity index (χ2n) is 5.11. The molecule has 0 aliphatic rings. The minimum Gasteiger partial charge on any atom is -0.497 e. The average Bonchev–Trinajstić information content (AvgIpc) is 3.03. The van der Waals surface area contributed by atoms with Gasteiger partial charge in [-0.15, -0.1) is 0 Å². The molecule has 0 atom stereocenters. The highest BCUT2D eigenvalue weighted by molar-refractivity contribution is 14.1. The van der Waals surface area contributed by atoms with Crippen LogP contribution in [0.25, 0.3) is 10.2 Å². The van der Waals surface area contributed by atoms with E-state index in [9.17, 15) is 4.79 Å². The Morgan fingerprint density at radius 2 is 1.92 bits per heavy atom. The summed E-state index contributed by atoms with van der Waals surface area (Å²) >= 11 is 8.79. The summed E-state index contributed by atoms with van der Waals surface area (Å²) in [4.78, 5) is 16.7. The van der Waals surface area contributed by atoms with Crippen molar-refractivity contribution in [3.8, 4) is 11.5 Å². The van der Waals surface area contributed by atoms with Crippen LogP contribution in [0.5, 0.6) is 11.5 Å². The van der Waals surface area contributed by atoms with Crippen molar-refractivity contribution in [2.45, 2.75) is 0 Å². The number of anilines is 1. The SMILES string of the molecule is COc1cc(OC)c2nc(NC(=S)NC(=O)c3ccc(I)cc3)sc2c1. The van der Waals surface area contributed by atoms with E-state index in [0.29, 0.717) is 27.7 Å². The Bertz CT molecular complexity index is 973. The molecule has 0 aliphatic heterocycles. The molecule has 2 N–H and O–H groups in total. The number of fused-ring (bicyclic) bond motifs is 1. The number of amides is 1. The number of rotatable bonds is 4. The van der Waals surface area contributed by atoms with E-state index in [4.69, 9.17) is 21.7 Å². The van der Waals surface area contributed by atoms with Crippen LogP contribution in [0.2, 0.25) is 0 Å². The maximum absolute atomic E-state index is 12.2. The quantitative estimate of drug-likeness (QED) is 0.417. The van der Waals surface area contributed by atoms with Gasteiger partial charge in [-0.3, -0.25) is 10.1 Å². The van der Waals surface area contributed by atoms with Crippen molar-refractivity contribution >= 4 is 72.5 Å². The molecule has 3 aromatic rings. The maximum atomic E-state index is 12.2. The van der Waals surface area contributed by atoms with Gasteiger partial charge in [0.2, 0.25) is 0 Å². The molecule has 0 unspecified atom stereocenters. The number of aromatic nitrogens is 1. The molecule has 26 heavy (non-hydrogen) atoms. The topological polar surface area (TPSA) is 72.5 Å². The van der Waals surface area contributed by atoms with Gasteiger partial charge in [0, 0.05) is 15.2 Å². The fourth-order valence-corrected chi connectivity index (χ4v) is 3.74. The third-order valence-electron chi connectivity index (χ3n) is 3.44. The number of ether oxygens (including phenoxy) is 2. The van der Waals surface area contributed by atoms with Crippen LogP contribution in [0.1, 0.15) is 10.4 Å². The Morgan fingerprint density at radius 3 is 2.58 bits per heavy atom. The van der Waals surface area contributed by atoms with E-state index in [-0.39, 0.29) is 11.0 Å². The minimum atomic E-state index is -0.278. The number of hydrogen-bond donors (Lipinski definition) is 2. The van der Waals surface area contributed by atoms with E-state index in [2.05, 4.69) is 38.2 Å². The van der Waals surface area contributed by atoms with Crippen LogP contribution in [0.15, 0.2) is 36.4 Å². The number of nitrogens with one attached hydrogen (secondary N) is 2. The number of methoxy groups -OCH3 is 2. The lowest BCUT2D eigenvalue weighted by molar-refractivity contribution is 0.0977. The standard InChI is InChI=1S/C17H14IN3O3S2/c1-23-11-7-12(24-2)14-13(8-11)26-17(19-14)21-16(25)20-15(22)9-3-5-10(18)6-4-9/h3-8H,1-2H3,(H2,19,20,21,22,25). The first kappa shape index (κ1) is 18.8. The normalized spacial score (nSPS) is 10.4. The largest absolute Gasteiger partial charge is 0.497 e. The van der Waals surface area contributed by atoms with Crippen molar-refractivity contribution < 1.29 is 14.3 Å². The summed E-state index contributed by atoms with van der Waals surface area (Å²) in [6.45, 7) is 0. The number of benzene rings is 2. The van der Waals surface area contributed by atoms with Gasteiger partial charge in [0.05, 0.1) is 18.9 Å². The van der Waals surface area contributed by atoms with E-state index >= 15 is 0 Å². The smallest absolute Gasteiger partial charge is 0.257 e. The molecular formula is C17H14IN3O3S2. The first-order valence-corrected chi connectivity index (χ1v) is 9.71. The third-order valence-corrected chi connectivity index (χ3v) is 5.28. The van der Waals surface area contributed by atoms with Crippen molar-refractivity contribution in [2.75, 3.05) is 19.5 Å². The van der Waals surface area contributed by atoms with Crippen molar-refractivity contribution in [1.29, 1.82) is 0 Å². The fraction of sp³-hybridized carbons (Fsp3) is 0.118. The van der Waals surface area contributed by atoms with Crippen molar-refractivity contribution in [1.82, 2.24) is 10.3 Å². The summed E-state index contributed by atoms with van der Waals surface area (Å²) in [5.74, 6) is 1.01. The van der Waals surface area contributed by atoms with Gasteiger partial charge in [-0.1, -0.05) is 11.3 Å². The van der Waals surface area contributed by atoms with Gasteiger partial charge >= 0.3 is 0 Å². The summed E-state index contributed by atoms with van der Waals surface area (Å²) in [5.41, 5.74) is 1.23. The molecule has 0 saturated heterocycles. The van der Waals surface area contributed by atoms with E-state index in [1.165, 1.54) is 11.3 Å². The highest BCUT2D eigenvalue weighted by Crippen LogP contribution is 2.36. The number of thiocarbonyl (C=S) groups is 1. The van der Waals surface area contributed by atoms with Crippen LogP contribution in [0.4, 0.5) is 5.13 Å². The molecular weight excluding hydrogens is 485 g/mol.